The Balaban J connectivity index is 2.35. The predicted octanol–water partition coefficient (Wildman–Crippen LogP) is 0.881. The van der Waals surface area contributed by atoms with Gasteiger partial charge in [-0.15, -0.1) is 0 Å². The Morgan fingerprint density at radius 3 is 2.50 bits per heavy atom. The second-order valence-electron chi connectivity index (χ2n) is 4.07. The van der Waals surface area contributed by atoms with Crippen LogP contribution in [-0.2, 0) is 10.0 Å². The van der Waals surface area contributed by atoms with Crippen LogP contribution in [0.2, 0.25) is 0 Å². The molecule has 88 valence electrons. The Morgan fingerprint density at radius 2 is 2.00 bits per heavy atom. The summed E-state index contributed by atoms with van der Waals surface area (Å²) >= 11 is 0. The van der Waals surface area contributed by atoms with Gasteiger partial charge in [0, 0.05) is 11.7 Å². The molecule has 0 heterocycles. The monoisotopic (exact) mass is 241 g/mol. The van der Waals surface area contributed by atoms with Crippen LogP contribution in [0.3, 0.4) is 0 Å². The Labute approximate surface area is 94.9 Å². The van der Waals surface area contributed by atoms with Crippen molar-refractivity contribution in [2.24, 2.45) is 5.14 Å². The van der Waals surface area contributed by atoms with Gasteiger partial charge in [-0.05, 0) is 37.5 Å². The Hall–Kier alpha value is -1.27. The lowest BCUT2D eigenvalue weighted by Gasteiger charge is -2.28. The molecule has 0 aromatic heterocycles. The maximum atomic E-state index is 11.4. The molecule has 1 aliphatic rings. The van der Waals surface area contributed by atoms with Gasteiger partial charge in [-0.3, -0.25) is 0 Å². The van der Waals surface area contributed by atoms with Crippen molar-refractivity contribution in [3.63, 3.8) is 0 Å². The number of hydrogen-bond acceptors (Lipinski definition) is 4. The fourth-order valence-corrected chi connectivity index (χ4v) is 2.40. The molecule has 0 atom stereocenters. The van der Waals surface area contributed by atoms with Crippen LogP contribution in [0.5, 0.6) is 0 Å². The van der Waals surface area contributed by atoms with E-state index < -0.39 is 10.0 Å². The van der Waals surface area contributed by atoms with E-state index in [2.05, 4.69) is 5.32 Å². The first-order valence-electron chi connectivity index (χ1n) is 5.16. The van der Waals surface area contributed by atoms with Crippen LogP contribution >= 0.6 is 0 Å². The average molecular weight is 241 g/mol. The summed E-state index contributed by atoms with van der Waals surface area (Å²) in [6, 6.07) is 5.06. The molecule has 2 rings (SSSR count). The molecule has 1 aliphatic carbocycles. The number of nitrogen functional groups attached to an aromatic ring is 1. The summed E-state index contributed by atoms with van der Waals surface area (Å²) in [7, 11) is -3.73. The van der Waals surface area contributed by atoms with Gasteiger partial charge in [-0.1, -0.05) is 0 Å². The van der Waals surface area contributed by atoms with Crippen molar-refractivity contribution >= 4 is 21.4 Å². The van der Waals surface area contributed by atoms with Crippen LogP contribution < -0.4 is 16.2 Å². The number of nitrogens with two attached hydrogens (primary N) is 2. The molecule has 16 heavy (non-hydrogen) atoms. The first-order chi connectivity index (χ1) is 7.47. The van der Waals surface area contributed by atoms with E-state index in [0.717, 1.165) is 12.8 Å². The van der Waals surface area contributed by atoms with E-state index in [-0.39, 0.29) is 4.90 Å². The largest absolute Gasteiger partial charge is 0.399 e. The maximum absolute atomic E-state index is 11.4. The first-order valence-corrected chi connectivity index (χ1v) is 6.70. The Bertz CT molecular complexity index is 495. The van der Waals surface area contributed by atoms with Gasteiger partial charge in [-0.2, -0.15) is 0 Å². The Kier molecular flexibility index (Phi) is 2.77. The summed E-state index contributed by atoms with van der Waals surface area (Å²) in [6.07, 6.45) is 3.31. The molecular weight excluding hydrogens is 226 g/mol. The van der Waals surface area contributed by atoms with Crippen molar-refractivity contribution in [3.8, 4) is 0 Å². The number of hydrogen-bond donors (Lipinski definition) is 3. The highest BCUT2D eigenvalue weighted by atomic mass is 32.2. The molecule has 5 nitrogen and oxygen atoms in total. The second-order valence-corrected chi connectivity index (χ2v) is 5.60. The SMILES string of the molecule is Nc1ccc(NC2CCC2)c(S(N)(=O)=O)c1. The summed E-state index contributed by atoms with van der Waals surface area (Å²) in [5.41, 5.74) is 6.49. The van der Waals surface area contributed by atoms with Crippen LogP contribution in [0, 0.1) is 0 Å². The van der Waals surface area contributed by atoms with Crippen LogP contribution in [0.25, 0.3) is 0 Å². The predicted molar refractivity (Wildman–Crippen MR) is 63.5 cm³/mol. The summed E-state index contributed by atoms with van der Waals surface area (Å²) in [4.78, 5) is 0.0689. The van der Waals surface area contributed by atoms with Crippen LogP contribution in [0.4, 0.5) is 11.4 Å². The van der Waals surface area contributed by atoms with Gasteiger partial charge < -0.3 is 11.1 Å². The van der Waals surface area contributed by atoms with Crippen molar-refractivity contribution in [2.45, 2.75) is 30.2 Å². The number of sulfonamides is 1. The number of primary sulfonamides is 1. The highest BCUT2D eigenvalue weighted by Crippen LogP contribution is 2.28. The van der Waals surface area contributed by atoms with Gasteiger partial charge in [0.15, 0.2) is 0 Å². The summed E-state index contributed by atoms with van der Waals surface area (Å²) in [5, 5.41) is 8.30. The van der Waals surface area contributed by atoms with Crippen LogP contribution in [0.1, 0.15) is 19.3 Å². The molecule has 0 unspecified atom stereocenters. The van der Waals surface area contributed by atoms with Gasteiger partial charge in [-0.25, -0.2) is 13.6 Å². The maximum Gasteiger partial charge on any atom is 0.240 e. The molecule has 6 heteroatoms. The summed E-state index contributed by atoms with van der Waals surface area (Å²) < 4.78 is 22.8. The van der Waals surface area contributed by atoms with Crippen molar-refractivity contribution < 1.29 is 8.42 Å². The average Bonchev–Trinajstić information content (AvgIpc) is 2.11. The standard InChI is InChI=1S/C10H15N3O2S/c11-7-4-5-9(13-8-2-1-3-8)10(6-7)16(12,14)15/h4-6,8,13H,1-3,11H2,(H2,12,14,15). The number of nitrogens with one attached hydrogen (secondary N) is 1. The molecule has 1 saturated carbocycles. The molecule has 1 aromatic carbocycles. The number of benzene rings is 1. The van der Waals surface area contributed by atoms with Crippen LogP contribution in [-0.4, -0.2) is 14.5 Å². The summed E-state index contributed by atoms with van der Waals surface area (Å²) in [5.74, 6) is 0. The lowest BCUT2D eigenvalue weighted by atomic mass is 9.93. The first kappa shape index (κ1) is 11.2. The zero-order chi connectivity index (χ0) is 11.8. The Morgan fingerprint density at radius 1 is 1.31 bits per heavy atom. The van der Waals surface area contributed by atoms with Gasteiger partial charge in [0.25, 0.3) is 0 Å². The molecule has 1 fully saturated rings. The quantitative estimate of drug-likeness (QED) is 0.684. The fraction of sp³-hybridized carbons (Fsp3) is 0.400. The van der Waals surface area contributed by atoms with E-state index in [9.17, 15) is 8.42 Å². The van der Waals surface area contributed by atoms with Crippen molar-refractivity contribution in [2.75, 3.05) is 11.1 Å². The zero-order valence-electron chi connectivity index (χ0n) is 8.81. The number of anilines is 2. The fourth-order valence-electron chi connectivity index (χ4n) is 1.67. The van der Waals surface area contributed by atoms with Crippen molar-refractivity contribution in [1.29, 1.82) is 0 Å². The van der Waals surface area contributed by atoms with Gasteiger partial charge in [0.1, 0.15) is 4.90 Å². The normalized spacial score (nSPS) is 16.8. The molecule has 0 spiro atoms. The lowest BCUT2D eigenvalue weighted by Crippen LogP contribution is -2.28. The third-order valence-corrected chi connectivity index (χ3v) is 3.73. The number of rotatable bonds is 3. The van der Waals surface area contributed by atoms with E-state index in [1.54, 1.807) is 12.1 Å². The van der Waals surface area contributed by atoms with E-state index in [4.69, 9.17) is 10.9 Å². The molecule has 0 amide bonds. The third-order valence-electron chi connectivity index (χ3n) is 2.78. The third kappa shape index (κ3) is 2.28. The summed E-state index contributed by atoms with van der Waals surface area (Å²) in [6.45, 7) is 0. The molecule has 0 saturated heterocycles. The lowest BCUT2D eigenvalue weighted by molar-refractivity contribution is 0.445. The topological polar surface area (TPSA) is 98.2 Å². The highest BCUT2D eigenvalue weighted by Gasteiger charge is 2.21. The van der Waals surface area contributed by atoms with E-state index >= 15 is 0 Å². The van der Waals surface area contributed by atoms with Gasteiger partial charge in [0.2, 0.25) is 10.0 Å². The van der Waals surface area contributed by atoms with Gasteiger partial charge >= 0.3 is 0 Å². The second kappa shape index (κ2) is 3.95. The smallest absolute Gasteiger partial charge is 0.240 e. The molecular formula is C10H15N3O2S. The van der Waals surface area contributed by atoms with Gasteiger partial charge in [0.05, 0.1) is 5.69 Å². The van der Waals surface area contributed by atoms with E-state index in [1.165, 1.54) is 12.5 Å². The minimum absolute atomic E-state index is 0.0689. The molecule has 0 radical (unpaired) electrons. The molecule has 0 aliphatic heterocycles. The van der Waals surface area contributed by atoms with Crippen LogP contribution in [0.15, 0.2) is 23.1 Å². The van der Waals surface area contributed by atoms with Crippen molar-refractivity contribution in [3.05, 3.63) is 18.2 Å². The minimum atomic E-state index is -3.73. The van der Waals surface area contributed by atoms with Crippen molar-refractivity contribution in [1.82, 2.24) is 0 Å². The van der Waals surface area contributed by atoms with E-state index in [0.29, 0.717) is 17.4 Å². The highest BCUT2D eigenvalue weighted by molar-refractivity contribution is 7.89. The molecule has 1 aromatic rings. The molecule has 0 bridgehead atoms. The minimum Gasteiger partial charge on any atom is -0.399 e. The molecule has 5 N–H and O–H groups in total. The van der Waals surface area contributed by atoms with E-state index in [1.807, 2.05) is 0 Å². The zero-order valence-corrected chi connectivity index (χ0v) is 9.63.